The van der Waals surface area contributed by atoms with Crippen molar-refractivity contribution in [2.75, 3.05) is 12.5 Å². The topological polar surface area (TPSA) is 73.1 Å². The van der Waals surface area contributed by atoms with Crippen LogP contribution in [-0.2, 0) is 10.3 Å². The number of methoxy groups -OCH3 is 1. The summed E-state index contributed by atoms with van der Waals surface area (Å²) in [7, 11) is 1.76. The van der Waals surface area contributed by atoms with E-state index in [0.717, 1.165) is 35.3 Å². The fourth-order valence-corrected chi connectivity index (χ4v) is 3.92. The number of hydrazine groups is 1. The first-order valence-corrected chi connectivity index (χ1v) is 7.84. The molecule has 3 rings (SSSR count). The first-order valence-electron chi connectivity index (χ1n) is 6.96. The number of rotatable bonds is 3. The molecule has 108 valence electrons. The van der Waals surface area contributed by atoms with E-state index in [-0.39, 0.29) is 5.60 Å². The Morgan fingerprint density at radius 3 is 3.05 bits per heavy atom. The lowest BCUT2D eigenvalue weighted by Gasteiger charge is -2.37. The fourth-order valence-electron chi connectivity index (χ4n) is 3.15. The smallest absolute Gasteiger partial charge is 0.164 e. The summed E-state index contributed by atoms with van der Waals surface area (Å²) in [4.78, 5) is 10.3. The number of thiophene rings is 1. The Hall–Kier alpha value is -1.24. The summed E-state index contributed by atoms with van der Waals surface area (Å²) < 4.78 is 5.87. The Balaban J connectivity index is 2.11. The maximum atomic E-state index is 5.87. The molecular weight excluding hydrogens is 272 g/mol. The predicted molar refractivity (Wildman–Crippen MR) is 81.5 cm³/mol. The first-order chi connectivity index (χ1) is 9.68. The molecule has 2 unspecified atom stereocenters. The summed E-state index contributed by atoms with van der Waals surface area (Å²) in [5, 5.41) is 2.98. The van der Waals surface area contributed by atoms with Crippen LogP contribution in [0.1, 0.15) is 38.4 Å². The molecule has 0 radical (unpaired) electrons. The lowest BCUT2D eigenvalue weighted by molar-refractivity contribution is -0.0642. The number of aromatic nitrogens is 2. The molecule has 2 aromatic heterocycles. The Morgan fingerprint density at radius 2 is 2.35 bits per heavy atom. The Morgan fingerprint density at radius 1 is 1.50 bits per heavy atom. The van der Waals surface area contributed by atoms with Gasteiger partial charge in [-0.25, -0.2) is 15.8 Å². The molecule has 3 N–H and O–H groups in total. The Kier molecular flexibility index (Phi) is 3.62. The van der Waals surface area contributed by atoms with E-state index < -0.39 is 0 Å². The standard InChI is InChI=1S/C14H20N4OS/c1-9-4-3-6-14(8-9,19-2)13-16-11(18-15)10-5-7-20-12(10)17-13/h5,7,9H,3-4,6,8,15H2,1-2H3,(H,16,17,18). The van der Waals surface area contributed by atoms with Crippen molar-refractivity contribution in [3.05, 3.63) is 17.3 Å². The molecule has 2 heterocycles. The van der Waals surface area contributed by atoms with Gasteiger partial charge in [0.2, 0.25) is 0 Å². The number of hydrogen-bond donors (Lipinski definition) is 2. The van der Waals surface area contributed by atoms with E-state index in [1.807, 2.05) is 11.4 Å². The molecule has 5 nitrogen and oxygen atoms in total. The van der Waals surface area contributed by atoms with Crippen molar-refractivity contribution in [1.29, 1.82) is 0 Å². The Labute approximate surface area is 122 Å². The van der Waals surface area contributed by atoms with E-state index in [0.29, 0.717) is 11.7 Å². The molecular formula is C14H20N4OS. The van der Waals surface area contributed by atoms with Crippen molar-refractivity contribution < 1.29 is 4.74 Å². The molecule has 0 spiro atoms. The average Bonchev–Trinajstić information content (AvgIpc) is 2.94. The highest BCUT2D eigenvalue weighted by molar-refractivity contribution is 7.16. The third-order valence-electron chi connectivity index (χ3n) is 4.22. The second kappa shape index (κ2) is 5.27. The number of nitrogens with two attached hydrogens (primary N) is 1. The maximum absolute atomic E-state index is 5.87. The van der Waals surface area contributed by atoms with Crippen LogP contribution >= 0.6 is 11.3 Å². The third kappa shape index (κ3) is 2.17. The molecule has 0 bridgehead atoms. The molecule has 1 aliphatic rings. The summed E-state index contributed by atoms with van der Waals surface area (Å²) >= 11 is 1.60. The van der Waals surface area contributed by atoms with Gasteiger partial charge in [-0.15, -0.1) is 11.3 Å². The highest BCUT2D eigenvalue weighted by atomic mass is 32.1. The lowest BCUT2D eigenvalue weighted by atomic mass is 9.78. The molecule has 1 saturated carbocycles. The summed E-state index contributed by atoms with van der Waals surface area (Å²) in [6.45, 7) is 2.26. The van der Waals surface area contributed by atoms with Gasteiger partial charge in [-0.1, -0.05) is 13.3 Å². The van der Waals surface area contributed by atoms with E-state index in [9.17, 15) is 0 Å². The van der Waals surface area contributed by atoms with Crippen LogP contribution in [0.5, 0.6) is 0 Å². The van der Waals surface area contributed by atoms with Gasteiger partial charge in [-0.2, -0.15) is 0 Å². The zero-order valence-corrected chi connectivity index (χ0v) is 12.7. The quantitative estimate of drug-likeness (QED) is 0.672. The van der Waals surface area contributed by atoms with Crippen LogP contribution in [0.25, 0.3) is 10.2 Å². The number of nitrogens with one attached hydrogen (secondary N) is 1. The van der Waals surface area contributed by atoms with Crippen LogP contribution in [0.15, 0.2) is 11.4 Å². The van der Waals surface area contributed by atoms with Gasteiger partial charge in [0.1, 0.15) is 10.4 Å². The fraction of sp³-hybridized carbons (Fsp3) is 0.571. The largest absolute Gasteiger partial charge is 0.370 e. The normalized spacial score (nSPS) is 26.9. The molecule has 1 aliphatic carbocycles. The van der Waals surface area contributed by atoms with Crippen LogP contribution < -0.4 is 11.3 Å². The molecule has 2 atom stereocenters. The average molecular weight is 292 g/mol. The molecule has 0 aromatic carbocycles. The molecule has 2 aromatic rings. The van der Waals surface area contributed by atoms with Gasteiger partial charge in [0, 0.05) is 7.11 Å². The van der Waals surface area contributed by atoms with Crippen LogP contribution in [-0.4, -0.2) is 17.1 Å². The summed E-state index contributed by atoms with van der Waals surface area (Å²) in [6, 6.07) is 1.99. The lowest BCUT2D eigenvalue weighted by Crippen LogP contribution is -2.36. The Bertz CT molecular complexity index is 614. The van der Waals surface area contributed by atoms with Crippen molar-refractivity contribution in [3.8, 4) is 0 Å². The number of fused-ring (bicyclic) bond motifs is 1. The van der Waals surface area contributed by atoms with Gasteiger partial charge in [-0.3, -0.25) is 0 Å². The van der Waals surface area contributed by atoms with Gasteiger partial charge >= 0.3 is 0 Å². The summed E-state index contributed by atoms with van der Waals surface area (Å²) in [5.74, 6) is 7.67. The molecule has 0 aliphatic heterocycles. The number of nitrogens with zero attached hydrogens (tertiary/aromatic N) is 2. The van der Waals surface area contributed by atoms with E-state index >= 15 is 0 Å². The second-order valence-electron chi connectivity index (χ2n) is 5.58. The highest BCUT2D eigenvalue weighted by Gasteiger charge is 2.40. The third-order valence-corrected chi connectivity index (χ3v) is 5.02. The zero-order chi connectivity index (χ0) is 14.2. The molecule has 0 saturated heterocycles. The van der Waals surface area contributed by atoms with Crippen molar-refractivity contribution in [2.24, 2.45) is 11.8 Å². The molecule has 1 fully saturated rings. The minimum absolute atomic E-state index is 0.374. The van der Waals surface area contributed by atoms with Gasteiger partial charge in [0.25, 0.3) is 0 Å². The molecule has 0 amide bonds. The zero-order valence-electron chi connectivity index (χ0n) is 11.8. The van der Waals surface area contributed by atoms with Gasteiger partial charge in [-0.05, 0) is 36.6 Å². The molecule has 6 heteroatoms. The highest BCUT2D eigenvalue weighted by Crippen LogP contribution is 2.42. The van der Waals surface area contributed by atoms with Crippen LogP contribution in [0, 0.1) is 5.92 Å². The predicted octanol–water partition coefficient (Wildman–Crippen LogP) is 3.03. The maximum Gasteiger partial charge on any atom is 0.164 e. The van der Waals surface area contributed by atoms with Crippen LogP contribution in [0.3, 0.4) is 0 Å². The van der Waals surface area contributed by atoms with E-state index in [2.05, 4.69) is 17.3 Å². The molecule has 20 heavy (non-hydrogen) atoms. The first kappa shape index (κ1) is 13.7. The minimum Gasteiger partial charge on any atom is -0.370 e. The number of anilines is 1. The number of hydrogen-bond acceptors (Lipinski definition) is 6. The van der Waals surface area contributed by atoms with Crippen LogP contribution in [0.4, 0.5) is 5.82 Å². The number of ether oxygens (including phenoxy) is 1. The van der Waals surface area contributed by atoms with Gasteiger partial charge in [0.05, 0.1) is 5.39 Å². The van der Waals surface area contributed by atoms with Gasteiger partial charge < -0.3 is 10.2 Å². The van der Waals surface area contributed by atoms with Crippen molar-refractivity contribution in [3.63, 3.8) is 0 Å². The van der Waals surface area contributed by atoms with E-state index in [1.165, 1.54) is 6.42 Å². The SMILES string of the molecule is COC1(c2nc(NN)c3ccsc3n2)CCCC(C)C1. The second-order valence-corrected chi connectivity index (χ2v) is 6.47. The van der Waals surface area contributed by atoms with Crippen molar-refractivity contribution >= 4 is 27.4 Å². The monoisotopic (exact) mass is 292 g/mol. The van der Waals surface area contributed by atoms with Crippen LogP contribution in [0.2, 0.25) is 0 Å². The number of nitrogen functional groups attached to an aromatic ring is 1. The summed E-state index contributed by atoms with van der Waals surface area (Å²) in [5.41, 5.74) is 2.31. The minimum atomic E-state index is -0.374. The van der Waals surface area contributed by atoms with E-state index in [1.54, 1.807) is 18.4 Å². The van der Waals surface area contributed by atoms with Gasteiger partial charge in [0.15, 0.2) is 11.6 Å². The summed E-state index contributed by atoms with van der Waals surface area (Å²) in [6.07, 6.45) is 4.32. The van der Waals surface area contributed by atoms with E-state index in [4.69, 9.17) is 15.6 Å². The van der Waals surface area contributed by atoms with Crippen molar-refractivity contribution in [2.45, 2.75) is 38.2 Å². The van der Waals surface area contributed by atoms with Crippen molar-refractivity contribution in [1.82, 2.24) is 9.97 Å².